The van der Waals surface area contributed by atoms with Crippen LogP contribution in [0.1, 0.15) is 33.2 Å². The summed E-state index contributed by atoms with van der Waals surface area (Å²) < 4.78 is 22.7. The molecule has 0 spiro atoms. The molecule has 1 fully saturated rings. The number of Topliss-reactive ketones (excluding diaryl/α,β-unsaturated/α-hetero) is 1. The van der Waals surface area contributed by atoms with Crippen molar-refractivity contribution < 1.29 is 23.7 Å². The molecule has 3 aromatic rings. The van der Waals surface area contributed by atoms with Gasteiger partial charge in [0.1, 0.15) is 24.2 Å². The van der Waals surface area contributed by atoms with Crippen molar-refractivity contribution in [2.75, 3.05) is 6.79 Å². The van der Waals surface area contributed by atoms with Gasteiger partial charge in [0.05, 0.1) is 12.2 Å². The molecule has 2 heterocycles. The number of para-hydroxylation sites is 1. The number of carbonyl (C=O) groups is 1. The number of ketones is 1. The zero-order chi connectivity index (χ0) is 20.5. The molecular formula is C24H19ClO5. The average Bonchev–Trinajstić information content (AvgIpc) is 3.58. The maximum Gasteiger partial charge on any atom is 0.198 e. The predicted octanol–water partition coefficient (Wildman–Crippen LogP) is 5.11. The second-order valence-electron chi connectivity index (χ2n) is 7.21. The minimum Gasteiger partial charge on any atom is -0.488 e. The lowest BCUT2D eigenvalue weighted by Crippen LogP contribution is -2.14. The predicted molar refractivity (Wildman–Crippen MR) is 111 cm³/mol. The Hall–Kier alpha value is -2.86. The average molecular weight is 423 g/mol. The Kier molecular flexibility index (Phi) is 5.17. The molecule has 0 N–H and O–H groups in total. The van der Waals surface area contributed by atoms with Gasteiger partial charge in [-0.1, -0.05) is 54.1 Å². The Bertz CT molecular complexity index is 1080. The van der Waals surface area contributed by atoms with Crippen molar-refractivity contribution in [2.45, 2.75) is 25.4 Å². The van der Waals surface area contributed by atoms with Gasteiger partial charge in [0.25, 0.3) is 0 Å². The van der Waals surface area contributed by atoms with Gasteiger partial charge < -0.3 is 18.9 Å². The Labute approximate surface area is 179 Å². The van der Waals surface area contributed by atoms with Crippen molar-refractivity contribution in [2.24, 2.45) is 0 Å². The van der Waals surface area contributed by atoms with E-state index in [4.69, 9.17) is 30.5 Å². The molecule has 0 aliphatic carbocycles. The van der Waals surface area contributed by atoms with Crippen LogP contribution in [0, 0.1) is 0 Å². The van der Waals surface area contributed by atoms with Gasteiger partial charge in [-0.15, -0.1) is 0 Å². The van der Waals surface area contributed by atoms with E-state index in [0.29, 0.717) is 35.3 Å². The van der Waals surface area contributed by atoms with Gasteiger partial charge in [-0.3, -0.25) is 4.79 Å². The summed E-state index contributed by atoms with van der Waals surface area (Å²) in [5.74, 6) is 1.11. The minimum atomic E-state index is -0.597. The SMILES string of the molecule is O=C(c1ccccc1OCc1ccccc1)C1OC1c1cc(Cl)cc2c1OCOC2. The van der Waals surface area contributed by atoms with Crippen molar-refractivity contribution in [1.82, 2.24) is 0 Å². The van der Waals surface area contributed by atoms with Crippen LogP contribution in [-0.4, -0.2) is 18.7 Å². The monoisotopic (exact) mass is 422 g/mol. The standard InChI is InChI=1S/C24H19ClO5/c25-17-10-16-13-27-14-29-22(16)19(11-17)23-24(30-23)21(26)18-8-4-5-9-20(18)28-12-15-6-2-1-3-7-15/h1-11,23-24H,12-14H2. The van der Waals surface area contributed by atoms with Crippen LogP contribution in [0.5, 0.6) is 11.5 Å². The normalized spacial score (nSPS) is 19.5. The zero-order valence-corrected chi connectivity index (χ0v) is 16.8. The molecule has 0 saturated carbocycles. The number of ether oxygens (including phenoxy) is 4. The van der Waals surface area contributed by atoms with Crippen molar-refractivity contribution in [1.29, 1.82) is 0 Å². The van der Waals surface area contributed by atoms with Gasteiger partial charge >= 0.3 is 0 Å². The molecule has 2 unspecified atom stereocenters. The molecule has 0 bridgehead atoms. The van der Waals surface area contributed by atoms with Crippen LogP contribution in [0.4, 0.5) is 0 Å². The fourth-order valence-electron chi connectivity index (χ4n) is 3.65. The number of benzene rings is 3. The van der Waals surface area contributed by atoms with E-state index in [2.05, 4.69) is 0 Å². The van der Waals surface area contributed by atoms with Gasteiger partial charge in [-0.2, -0.15) is 0 Å². The summed E-state index contributed by atoms with van der Waals surface area (Å²) in [7, 11) is 0. The molecule has 2 aliphatic rings. The highest BCUT2D eigenvalue weighted by atomic mass is 35.5. The van der Waals surface area contributed by atoms with Crippen molar-refractivity contribution in [3.8, 4) is 11.5 Å². The summed E-state index contributed by atoms with van der Waals surface area (Å²) in [6.07, 6.45) is -0.995. The molecule has 152 valence electrons. The minimum absolute atomic E-state index is 0.121. The van der Waals surface area contributed by atoms with E-state index in [9.17, 15) is 4.79 Å². The summed E-state index contributed by atoms with van der Waals surface area (Å²) in [5.41, 5.74) is 3.17. The summed E-state index contributed by atoms with van der Waals surface area (Å²) in [6, 6.07) is 20.7. The number of fused-ring (bicyclic) bond motifs is 1. The van der Waals surface area contributed by atoms with Crippen molar-refractivity contribution >= 4 is 17.4 Å². The molecule has 5 nitrogen and oxygen atoms in total. The molecule has 3 aromatic carbocycles. The topological polar surface area (TPSA) is 57.3 Å². The first-order valence-electron chi connectivity index (χ1n) is 9.69. The second-order valence-corrected chi connectivity index (χ2v) is 7.64. The first-order valence-corrected chi connectivity index (χ1v) is 10.1. The summed E-state index contributed by atoms with van der Waals surface area (Å²) in [5, 5.41) is 0.561. The highest BCUT2D eigenvalue weighted by Crippen LogP contribution is 2.48. The Morgan fingerprint density at radius 3 is 2.73 bits per heavy atom. The fourth-order valence-corrected chi connectivity index (χ4v) is 3.90. The number of hydrogen-bond acceptors (Lipinski definition) is 5. The van der Waals surface area contributed by atoms with E-state index in [1.807, 2.05) is 48.5 Å². The lowest BCUT2D eigenvalue weighted by molar-refractivity contribution is -0.0172. The maximum atomic E-state index is 13.2. The number of hydrogen-bond donors (Lipinski definition) is 0. The van der Waals surface area contributed by atoms with E-state index in [1.54, 1.807) is 18.2 Å². The molecule has 5 rings (SSSR count). The van der Waals surface area contributed by atoms with Crippen LogP contribution in [0.25, 0.3) is 0 Å². The molecule has 0 radical (unpaired) electrons. The van der Waals surface area contributed by atoms with Crippen LogP contribution in [0.15, 0.2) is 66.7 Å². The van der Waals surface area contributed by atoms with Crippen LogP contribution in [-0.2, 0) is 22.7 Å². The van der Waals surface area contributed by atoms with E-state index < -0.39 is 12.2 Å². The molecular weight excluding hydrogens is 404 g/mol. The molecule has 2 aliphatic heterocycles. The van der Waals surface area contributed by atoms with E-state index >= 15 is 0 Å². The highest BCUT2D eigenvalue weighted by molar-refractivity contribution is 6.30. The Morgan fingerprint density at radius 2 is 1.87 bits per heavy atom. The Morgan fingerprint density at radius 1 is 1.07 bits per heavy atom. The van der Waals surface area contributed by atoms with E-state index in [1.165, 1.54) is 0 Å². The molecule has 30 heavy (non-hydrogen) atoms. The molecule has 1 saturated heterocycles. The smallest absolute Gasteiger partial charge is 0.198 e. The number of epoxide rings is 1. The third-order valence-electron chi connectivity index (χ3n) is 5.15. The number of halogens is 1. The van der Waals surface area contributed by atoms with Gasteiger partial charge in [-0.05, 0) is 29.8 Å². The second kappa shape index (κ2) is 8.11. The summed E-state index contributed by atoms with van der Waals surface area (Å²) >= 11 is 6.25. The fraction of sp³-hybridized carbons (Fsp3) is 0.208. The largest absolute Gasteiger partial charge is 0.488 e. The maximum absolute atomic E-state index is 13.2. The highest BCUT2D eigenvalue weighted by Gasteiger charge is 2.49. The number of rotatable bonds is 6. The molecule has 6 heteroatoms. The van der Waals surface area contributed by atoms with Gasteiger partial charge in [0.2, 0.25) is 0 Å². The van der Waals surface area contributed by atoms with Crippen LogP contribution in [0.2, 0.25) is 5.02 Å². The zero-order valence-electron chi connectivity index (χ0n) is 16.0. The van der Waals surface area contributed by atoms with Crippen molar-refractivity contribution in [3.05, 3.63) is 94.0 Å². The first kappa shape index (κ1) is 19.1. The van der Waals surface area contributed by atoms with E-state index in [0.717, 1.165) is 16.7 Å². The van der Waals surface area contributed by atoms with Crippen LogP contribution < -0.4 is 9.47 Å². The van der Waals surface area contributed by atoms with Gasteiger partial charge in [0.15, 0.2) is 18.7 Å². The molecule has 0 aromatic heterocycles. The first-order chi connectivity index (χ1) is 14.7. The van der Waals surface area contributed by atoms with Crippen molar-refractivity contribution in [3.63, 3.8) is 0 Å². The number of carbonyl (C=O) groups excluding carboxylic acids is 1. The van der Waals surface area contributed by atoms with Crippen LogP contribution >= 0.6 is 11.6 Å². The summed E-state index contributed by atoms with van der Waals surface area (Å²) in [6.45, 7) is 0.975. The summed E-state index contributed by atoms with van der Waals surface area (Å²) in [4.78, 5) is 13.2. The lowest BCUT2D eigenvalue weighted by Gasteiger charge is -2.20. The van der Waals surface area contributed by atoms with Gasteiger partial charge in [-0.25, -0.2) is 0 Å². The Balaban J connectivity index is 1.35. The quantitative estimate of drug-likeness (QED) is 0.408. The van der Waals surface area contributed by atoms with E-state index in [-0.39, 0.29) is 12.6 Å². The third-order valence-corrected chi connectivity index (χ3v) is 5.37. The molecule has 2 atom stereocenters. The van der Waals surface area contributed by atoms with Crippen LogP contribution in [0.3, 0.4) is 0 Å². The van der Waals surface area contributed by atoms with Gasteiger partial charge in [0, 0.05) is 16.1 Å². The molecule has 0 amide bonds. The third kappa shape index (κ3) is 3.79. The lowest BCUT2D eigenvalue weighted by atomic mass is 9.99.